The number of hydrogen-bond acceptors (Lipinski definition) is 3. The fourth-order valence-electron chi connectivity index (χ4n) is 2.67. The maximum absolute atomic E-state index is 12.4. The molecule has 3 rings (SSSR count). The van der Waals surface area contributed by atoms with Crippen molar-refractivity contribution >= 4 is 23.0 Å². The lowest BCUT2D eigenvalue weighted by molar-refractivity contribution is -0.112. The van der Waals surface area contributed by atoms with E-state index >= 15 is 0 Å². The molecule has 1 aliphatic heterocycles. The Hall–Kier alpha value is -2.23. The third kappa shape index (κ3) is 2.18. The van der Waals surface area contributed by atoms with Gasteiger partial charge in [-0.2, -0.15) is 5.10 Å². The summed E-state index contributed by atoms with van der Waals surface area (Å²) in [6, 6.07) is 7.70. The van der Waals surface area contributed by atoms with Crippen molar-refractivity contribution in [2.24, 2.45) is 10.2 Å². The molecule has 1 saturated carbocycles. The summed E-state index contributed by atoms with van der Waals surface area (Å²) in [4.78, 5) is 14.1. The lowest BCUT2D eigenvalue weighted by Gasteiger charge is -2.13. The van der Waals surface area contributed by atoms with Gasteiger partial charge >= 0.3 is 0 Å². The molecule has 102 valence electrons. The number of para-hydroxylation sites is 1. The first-order valence-electron chi connectivity index (χ1n) is 6.97. The smallest absolute Gasteiger partial charge is 0.279 e. The van der Waals surface area contributed by atoms with Gasteiger partial charge in [-0.05, 0) is 31.7 Å². The van der Waals surface area contributed by atoms with Gasteiger partial charge in [0.05, 0.1) is 5.69 Å². The van der Waals surface area contributed by atoms with Crippen LogP contribution in [0, 0.1) is 0 Å². The van der Waals surface area contributed by atoms with Gasteiger partial charge in [0.2, 0.25) is 0 Å². The minimum absolute atomic E-state index is 0.0894. The highest BCUT2D eigenvalue weighted by Gasteiger charge is 2.33. The molecule has 1 aromatic carbocycles. The molecular formula is C16H17N3O. The molecule has 1 amide bonds. The lowest BCUT2D eigenvalue weighted by Crippen LogP contribution is -2.30. The molecule has 1 aliphatic carbocycles. The summed E-state index contributed by atoms with van der Waals surface area (Å²) in [5.41, 5.74) is 3.30. The Morgan fingerprint density at radius 2 is 1.95 bits per heavy atom. The monoisotopic (exact) mass is 267 g/mol. The summed E-state index contributed by atoms with van der Waals surface area (Å²) in [6.07, 6.45) is 6.08. The van der Waals surface area contributed by atoms with Crippen molar-refractivity contribution in [2.75, 3.05) is 11.4 Å². The van der Waals surface area contributed by atoms with E-state index in [1.165, 1.54) is 12.8 Å². The second-order valence-electron chi connectivity index (χ2n) is 5.04. The maximum atomic E-state index is 12.4. The van der Waals surface area contributed by atoms with Crippen LogP contribution in [-0.2, 0) is 4.79 Å². The molecule has 0 atom stereocenters. The van der Waals surface area contributed by atoms with E-state index in [-0.39, 0.29) is 5.91 Å². The van der Waals surface area contributed by atoms with Crippen LogP contribution in [0.5, 0.6) is 0 Å². The molecule has 0 bridgehead atoms. The van der Waals surface area contributed by atoms with Crippen LogP contribution in [0.1, 0.15) is 31.2 Å². The van der Waals surface area contributed by atoms with Gasteiger partial charge in [-0.1, -0.05) is 24.3 Å². The van der Waals surface area contributed by atoms with E-state index in [2.05, 4.69) is 16.8 Å². The highest BCUT2D eigenvalue weighted by Crippen LogP contribution is 2.29. The summed E-state index contributed by atoms with van der Waals surface area (Å²) < 4.78 is 0. The van der Waals surface area contributed by atoms with Gasteiger partial charge in [-0.25, -0.2) is 0 Å². The maximum Gasteiger partial charge on any atom is 0.279 e. The van der Waals surface area contributed by atoms with E-state index in [4.69, 9.17) is 0 Å². The summed E-state index contributed by atoms with van der Waals surface area (Å²) in [6.45, 7) is 4.20. The van der Waals surface area contributed by atoms with Gasteiger partial charge < -0.3 is 4.90 Å². The van der Waals surface area contributed by atoms with Crippen LogP contribution in [0.4, 0.5) is 5.69 Å². The third-order valence-electron chi connectivity index (χ3n) is 3.68. The minimum atomic E-state index is -0.0894. The van der Waals surface area contributed by atoms with Crippen molar-refractivity contribution in [1.29, 1.82) is 0 Å². The van der Waals surface area contributed by atoms with Crippen molar-refractivity contribution in [2.45, 2.75) is 25.7 Å². The van der Waals surface area contributed by atoms with Crippen LogP contribution in [0.3, 0.4) is 0 Å². The number of hydrogen-bond donors (Lipinski definition) is 0. The largest absolute Gasteiger partial charge is 0.302 e. The predicted molar refractivity (Wildman–Crippen MR) is 81.4 cm³/mol. The topological polar surface area (TPSA) is 45.0 Å². The molecule has 0 radical (unpaired) electrons. The average molecular weight is 267 g/mol. The Balaban J connectivity index is 1.99. The Kier molecular flexibility index (Phi) is 3.46. The van der Waals surface area contributed by atoms with E-state index in [0.717, 1.165) is 29.8 Å². The van der Waals surface area contributed by atoms with Gasteiger partial charge in [-0.15, -0.1) is 11.7 Å². The van der Waals surface area contributed by atoms with Gasteiger partial charge in [0.25, 0.3) is 5.91 Å². The Bertz CT molecular complexity index is 608. The summed E-state index contributed by atoms with van der Waals surface area (Å²) in [5.74, 6) is -0.0894. The van der Waals surface area contributed by atoms with Crippen molar-refractivity contribution < 1.29 is 4.79 Å². The number of amides is 1. The standard InChI is InChI=1S/C16H17N3O/c1-2-11-19-14-10-6-5-9-13(14)15(16(19)20)18-17-12-7-3-4-8-12/h2,5-6,9-10H,1,3-4,7-8,11H2/b18-15+. The van der Waals surface area contributed by atoms with Gasteiger partial charge in [0.1, 0.15) is 0 Å². The highest BCUT2D eigenvalue weighted by atomic mass is 16.2. The third-order valence-corrected chi connectivity index (χ3v) is 3.68. The molecule has 1 aromatic rings. The van der Waals surface area contributed by atoms with Crippen molar-refractivity contribution in [3.05, 3.63) is 42.5 Å². The predicted octanol–water partition coefficient (Wildman–Crippen LogP) is 2.94. The van der Waals surface area contributed by atoms with Crippen LogP contribution < -0.4 is 4.90 Å². The fraction of sp³-hybridized carbons (Fsp3) is 0.312. The SMILES string of the molecule is C=CCN1C(=O)/C(=N/N=C2CCCC2)c2ccccc21. The normalized spacial score (nSPS) is 19.6. The Morgan fingerprint density at radius 1 is 1.20 bits per heavy atom. The van der Waals surface area contributed by atoms with Crippen LogP contribution in [0.15, 0.2) is 47.1 Å². The number of benzene rings is 1. The second kappa shape index (κ2) is 5.41. The zero-order chi connectivity index (χ0) is 13.9. The van der Waals surface area contributed by atoms with E-state index in [1.54, 1.807) is 11.0 Å². The van der Waals surface area contributed by atoms with E-state index in [1.807, 2.05) is 24.3 Å². The Morgan fingerprint density at radius 3 is 2.70 bits per heavy atom. The van der Waals surface area contributed by atoms with Crippen LogP contribution in [-0.4, -0.2) is 23.9 Å². The summed E-state index contributed by atoms with van der Waals surface area (Å²) in [5, 5.41) is 8.52. The molecule has 0 aromatic heterocycles. The minimum Gasteiger partial charge on any atom is -0.302 e. The highest BCUT2D eigenvalue weighted by molar-refractivity contribution is 6.54. The molecular weight excluding hydrogens is 250 g/mol. The molecule has 20 heavy (non-hydrogen) atoms. The first kappa shape index (κ1) is 12.8. The van der Waals surface area contributed by atoms with Crippen molar-refractivity contribution in [1.82, 2.24) is 0 Å². The summed E-state index contributed by atoms with van der Waals surface area (Å²) >= 11 is 0. The van der Waals surface area contributed by atoms with Crippen LogP contribution >= 0.6 is 0 Å². The molecule has 1 fully saturated rings. The summed E-state index contributed by atoms with van der Waals surface area (Å²) in [7, 11) is 0. The molecule has 4 nitrogen and oxygen atoms in total. The molecule has 0 spiro atoms. The fourth-order valence-corrected chi connectivity index (χ4v) is 2.67. The number of rotatable bonds is 3. The Labute approximate surface area is 118 Å². The first-order valence-corrected chi connectivity index (χ1v) is 6.97. The first-order chi connectivity index (χ1) is 9.81. The van der Waals surface area contributed by atoms with Gasteiger partial charge in [0, 0.05) is 17.8 Å². The van der Waals surface area contributed by atoms with Crippen LogP contribution in [0.2, 0.25) is 0 Å². The van der Waals surface area contributed by atoms with Crippen molar-refractivity contribution in [3.63, 3.8) is 0 Å². The van der Waals surface area contributed by atoms with Crippen molar-refractivity contribution in [3.8, 4) is 0 Å². The zero-order valence-corrected chi connectivity index (χ0v) is 11.4. The molecule has 4 heteroatoms. The molecule has 0 N–H and O–H groups in total. The molecule has 2 aliphatic rings. The van der Waals surface area contributed by atoms with Gasteiger partial charge in [0.15, 0.2) is 5.71 Å². The average Bonchev–Trinajstić information content (AvgIpc) is 3.06. The quantitative estimate of drug-likeness (QED) is 0.613. The molecule has 0 saturated heterocycles. The van der Waals surface area contributed by atoms with E-state index in [0.29, 0.717) is 12.3 Å². The second-order valence-corrected chi connectivity index (χ2v) is 5.04. The molecule has 0 unspecified atom stereocenters. The van der Waals surface area contributed by atoms with Gasteiger partial charge in [-0.3, -0.25) is 4.79 Å². The number of nitrogens with zero attached hydrogens (tertiary/aromatic N) is 3. The van der Waals surface area contributed by atoms with E-state index in [9.17, 15) is 4.79 Å². The molecule has 1 heterocycles. The number of fused-ring (bicyclic) bond motifs is 1. The number of carbonyl (C=O) groups excluding carboxylic acids is 1. The van der Waals surface area contributed by atoms with E-state index < -0.39 is 0 Å². The number of carbonyl (C=O) groups is 1. The van der Waals surface area contributed by atoms with Crippen LogP contribution in [0.25, 0.3) is 0 Å². The number of anilines is 1. The zero-order valence-electron chi connectivity index (χ0n) is 11.4. The lowest BCUT2D eigenvalue weighted by atomic mass is 10.1.